The van der Waals surface area contributed by atoms with E-state index < -0.39 is 0 Å². The van der Waals surface area contributed by atoms with Crippen LogP contribution in [0.5, 0.6) is 0 Å². The molecule has 0 radical (unpaired) electrons. The van der Waals surface area contributed by atoms with Crippen LogP contribution in [0.4, 0.5) is 15.8 Å². The zero-order valence-corrected chi connectivity index (χ0v) is 17.5. The van der Waals surface area contributed by atoms with Gasteiger partial charge in [-0.25, -0.2) is 4.39 Å². The van der Waals surface area contributed by atoms with Gasteiger partial charge in [-0.1, -0.05) is 12.1 Å². The zero-order chi connectivity index (χ0) is 21.3. The minimum Gasteiger partial charge on any atom is -0.377 e. The number of fused-ring (bicyclic) bond motifs is 1. The van der Waals surface area contributed by atoms with Crippen molar-refractivity contribution in [2.75, 3.05) is 50.6 Å². The van der Waals surface area contributed by atoms with E-state index >= 15 is 0 Å². The molecule has 0 saturated carbocycles. The molecule has 1 fully saturated rings. The molecule has 6 nitrogen and oxygen atoms in total. The number of nitrogens with one attached hydrogen (secondary N) is 2. The molecule has 1 unspecified atom stereocenters. The molecule has 1 atom stereocenters. The summed E-state index contributed by atoms with van der Waals surface area (Å²) in [5, 5.41) is 3.36. The Balaban J connectivity index is 1.55. The van der Waals surface area contributed by atoms with E-state index in [0.29, 0.717) is 35.5 Å². The SMILES string of the molecule is Cc1ccc(F)c2cc(C(=O)Nc3cccc(N4CCOCC4CN(C)C)c3)[nH]c12. The summed E-state index contributed by atoms with van der Waals surface area (Å²) >= 11 is 0. The summed E-state index contributed by atoms with van der Waals surface area (Å²) in [4.78, 5) is 20.3. The molecule has 1 amide bonds. The summed E-state index contributed by atoms with van der Waals surface area (Å²) in [7, 11) is 4.10. The third-order valence-electron chi connectivity index (χ3n) is 5.43. The predicted molar refractivity (Wildman–Crippen MR) is 118 cm³/mol. The quantitative estimate of drug-likeness (QED) is 0.674. The van der Waals surface area contributed by atoms with Gasteiger partial charge in [0.1, 0.15) is 11.5 Å². The Morgan fingerprint density at radius 3 is 2.90 bits per heavy atom. The lowest BCUT2D eigenvalue weighted by atomic mass is 10.1. The molecular weight excluding hydrogens is 383 g/mol. The number of halogens is 1. The van der Waals surface area contributed by atoms with E-state index in [9.17, 15) is 9.18 Å². The lowest BCUT2D eigenvalue weighted by Crippen LogP contribution is -2.50. The molecule has 7 heteroatoms. The Hall–Kier alpha value is -2.90. The number of ether oxygens (including phenoxy) is 1. The number of amides is 1. The van der Waals surface area contributed by atoms with Gasteiger partial charge in [0.2, 0.25) is 0 Å². The van der Waals surface area contributed by atoms with E-state index in [-0.39, 0.29) is 17.8 Å². The van der Waals surface area contributed by atoms with Crippen molar-refractivity contribution in [3.63, 3.8) is 0 Å². The first kappa shape index (κ1) is 20.4. The molecule has 2 heterocycles. The Labute approximate surface area is 175 Å². The van der Waals surface area contributed by atoms with E-state index in [0.717, 1.165) is 24.3 Å². The molecule has 30 heavy (non-hydrogen) atoms. The average molecular weight is 410 g/mol. The summed E-state index contributed by atoms with van der Waals surface area (Å²) in [6, 6.07) is 12.7. The van der Waals surface area contributed by atoms with Gasteiger partial charge in [-0.15, -0.1) is 0 Å². The molecule has 158 valence electrons. The summed E-state index contributed by atoms with van der Waals surface area (Å²) in [6.07, 6.45) is 0. The predicted octanol–water partition coefficient (Wildman–Crippen LogP) is 3.63. The van der Waals surface area contributed by atoms with Crippen molar-refractivity contribution in [1.82, 2.24) is 9.88 Å². The molecule has 0 aliphatic carbocycles. The molecule has 1 aromatic heterocycles. The summed E-state index contributed by atoms with van der Waals surface area (Å²) < 4.78 is 19.7. The molecule has 2 N–H and O–H groups in total. The van der Waals surface area contributed by atoms with E-state index in [1.807, 2.05) is 45.3 Å². The van der Waals surface area contributed by atoms with Crippen LogP contribution >= 0.6 is 0 Å². The van der Waals surface area contributed by atoms with Crippen molar-refractivity contribution >= 4 is 28.2 Å². The molecule has 0 spiro atoms. The van der Waals surface area contributed by atoms with Gasteiger partial charge in [0, 0.05) is 29.9 Å². The highest BCUT2D eigenvalue weighted by Gasteiger charge is 2.24. The number of hydrogen-bond donors (Lipinski definition) is 2. The Morgan fingerprint density at radius 2 is 2.13 bits per heavy atom. The number of carbonyl (C=O) groups excluding carboxylic acids is 1. The minimum absolute atomic E-state index is 0.249. The smallest absolute Gasteiger partial charge is 0.272 e. The van der Waals surface area contributed by atoms with E-state index in [2.05, 4.69) is 20.1 Å². The highest BCUT2D eigenvalue weighted by Crippen LogP contribution is 2.25. The van der Waals surface area contributed by atoms with Crippen molar-refractivity contribution in [1.29, 1.82) is 0 Å². The number of hydrogen-bond acceptors (Lipinski definition) is 4. The number of H-pyrrole nitrogens is 1. The first-order valence-electron chi connectivity index (χ1n) is 10.1. The van der Waals surface area contributed by atoms with Crippen LogP contribution in [0.15, 0.2) is 42.5 Å². The standard InChI is InChI=1S/C23H27FN4O2/c1-15-7-8-20(24)19-12-21(26-22(15)19)23(29)25-16-5-4-6-17(11-16)28-9-10-30-14-18(28)13-27(2)3/h4-8,11-12,18,26H,9-10,13-14H2,1-3H3,(H,25,29). The van der Waals surface area contributed by atoms with Gasteiger partial charge in [0.05, 0.1) is 24.8 Å². The van der Waals surface area contributed by atoms with Crippen LogP contribution in [0.1, 0.15) is 16.1 Å². The fraction of sp³-hybridized carbons (Fsp3) is 0.348. The van der Waals surface area contributed by atoms with Crippen LogP contribution in [-0.4, -0.2) is 62.2 Å². The van der Waals surface area contributed by atoms with Crippen molar-refractivity contribution in [3.8, 4) is 0 Å². The maximum absolute atomic E-state index is 14.1. The number of nitrogens with zero attached hydrogens (tertiary/aromatic N) is 2. The molecule has 0 bridgehead atoms. The van der Waals surface area contributed by atoms with Gasteiger partial charge >= 0.3 is 0 Å². The van der Waals surface area contributed by atoms with Crippen LogP contribution in [-0.2, 0) is 4.74 Å². The van der Waals surface area contributed by atoms with Crippen molar-refractivity contribution in [2.45, 2.75) is 13.0 Å². The first-order chi connectivity index (χ1) is 14.4. The Bertz CT molecular complexity index is 1020. The van der Waals surface area contributed by atoms with Crippen molar-refractivity contribution in [2.24, 2.45) is 0 Å². The molecule has 4 rings (SSSR count). The Kier molecular flexibility index (Phi) is 5.74. The van der Waals surface area contributed by atoms with Crippen molar-refractivity contribution in [3.05, 3.63) is 59.5 Å². The van der Waals surface area contributed by atoms with Crippen LogP contribution in [0, 0.1) is 12.7 Å². The van der Waals surface area contributed by atoms with Crippen LogP contribution in [0.25, 0.3) is 10.9 Å². The molecular formula is C23H27FN4O2. The summed E-state index contributed by atoms with van der Waals surface area (Å²) in [5.74, 6) is -0.638. The number of likely N-dealkylation sites (N-methyl/N-ethyl adjacent to an activating group) is 1. The first-order valence-corrected chi connectivity index (χ1v) is 10.1. The average Bonchev–Trinajstić information content (AvgIpc) is 3.18. The summed E-state index contributed by atoms with van der Waals surface area (Å²) in [6.45, 7) is 4.93. The third kappa shape index (κ3) is 4.17. The Morgan fingerprint density at radius 1 is 1.30 bits per heavy atom. The van der Waals surface area contributed by atoms with Crippen LogP contribution in [0.2, 0.25) is 0 Å². The number of benzene rings is 2. The molecule has 1 aliphatic rings. The van der Waals surface area contributed by atoms with Gasteiger partial charge in [0.15, 0.2) is 0 Å². The molecule has 3 aromatic rings. The lowest BCUT2D eigenvalue weighted by Gasteiger charge is -2.38. The van der Waals surface area contributed by atoms with Crippen molar-refractivity contribution < 1.29 is 13.9 Å². The zero-order valence-electron chi connectivity index (χ0n) is 17.5. The second-order valence-corrected chi connectivity index (χ2v) is 8.02. The van der Waals surface area contributed by atoms with E-state index in [4.69, 9.17) is 4.74 Å². The van der Waals surface area contributed by atoms with Gasteiger partial charge in [-0.05, 0) is 56.9 Å². The monoisotopic (exact) mass is 410 g/mol. The van der Waals surface area contributed by atoms with Crippen LogP contribution < -0.4 is 10.2 Å². The summed E-state index contributed by atoms with van der Waals surface area (Å²) in [5.41, 5.74) is 3.62. The fourth-order valence-electron chi connectivity index (χ4n) is 3.98. The maximum atomic E-state index is 14.1. The van der Waals surface area contributed by atoms with Gasteiger partial charge in [-0.2, -0.15) is 0 Å². The number of carbonyl (C=O) groups is 1. The largest absolute Gasteiger partial charge is 0.377 e. The van der Waals surface area contributed by atoms with Gasteiger partial charge < -0.3 is 24.8 Å². The van der Waals surface area contributed by atoms with E-state index in [1.165, 1.54) is 6.07 Å². The number of anilines is 2. The third-order valence-corrected chi connectivity index (χ3v) is 5.43. The number of aromatic amines is 1. The van der Waals surface area contributed by atoms with E-state index in [1.54, 1.807) is 12.1 Å². The second-order valence-electron chi connectivity index (χ2n) is 8.02. The highest BCUT2D eigenvalue weighted by atomic mass is 19.1. The van der Waals surface area contributed by atoms with Gasteiger partial charge in [-0.3, -0.25) is 4.79 Å². The lowest BCUT2D eigenvalue weighted by molar-refractivity contribution is 0.0854. The van der Waals surface area contributed by atoms with Gasteiger partial charge in [0.25, 0.3) is 5.91 Å². The fourth-order valence-corrected chi connectivity index (χ4v) is 3.98. The molecule has 1 saturated heterocycles. The number of rotatable bonds is 5. The molecule has 1 aliphatic heterocycles. The maximum Gasteiger partial charge on any atom is 0.272 e. The highest BCUT2D eigenvalue weighted by molar-refractivity contribution is 6.06. The topological polar surface area (TPSA) is 60.6 Å². The minimum atomic E-state index is -0.341. The number of aryl methyl sites for hydroxylation is 1. The van der Waals surface area contributed by atoms with Crippen LogP contribution in [0.3, 0.4) is 0 Å². The number of morpholine rings is 1. The normalized spacial score (nSPS) is 17.0. The molecule has 2 aromatic carbocycles. The number of aromatic nitrogens is 1. The second kappa shape index (κ2) is 8.45.